The Hall–Kier alpha value is -2.71. The average Bonchev–Trinajstić information content (AvgIpc) is 3.13. The van der Waals surface area contributed by atoms with Crippen LogP contribution in [0.4, 0.5) is 11.5 Å². The number of anilines is 2. The van der Waals surface area contributed by atoms with Gasteiger partial charge >= 0.3 is 0 Å². The van der Waals surface area contributed by atoms with Crippen molar-refractivity contribution >= 4 is 39.3 Å². The Morgan fingerprint density at radius 2 is 1.94 bits per heavy atom. The van der Waals surface area contributed by atoms with Crippen molar-refractivity contribution in [1.82, 2.24) is 14.5 Å². The number of fused-ring (bicyclic) bond motifs is 3. The van der Waals surface area contributed by atoms with Crippen molar-refractivity contribution < 1.29 is 14.3 Å². The van der Waals surface area contributed by atoms with Gasteiger partial charge in [-0.05, 0) is 58.2 Å². The predicted octanol–water partition coefficient (Wildman–Crippen LogP) is 4.89. The van der Waals surface area contributed by atoms with E-state index in [2.05, 4.69) is 28.7 Å². The monoisotopic (exact) mass is 455 g/mol. The number of pyridine rings is 1. The summed E-state index contributed by atoms with van der Waals surface area (Å²) in [6, 6.07) is 5.76. The van der Waals surface area contributed by atoms with Crippen molar-refractivity contribution in [2.45, 2.75) is 73.1 Å². The molecule has 0 spiro atoms. The topological polar surface area (TPSA) is 104 Å². The van der Waals surface area contributed by atoms with Gasteiger partial charge in [0.25, 0.3) is 0 Å². The minimum atomic E-state index is -0.102. The Kier molecular flexibility index (Phi) is 8.63. The number of nitrogens with zero attached hydrogens (tertiary/aromatic N) is 3. The first-order chi connectivity index (χ1) is 15.8. The van der Waals surface area contributed by atoms with E-state index in [4.69, 9.17) is 20.2 Å². The molecule has 0 aliphatic carbocycles. The normalized spacial score (nSPS) is 11.8. The van der Waals surface area contributed by atoms with E-state index in [1.807, 2.05) is 39.0 Å². The highest BCUT2D eigenvalue weighted by molar-refractivity contribution is 6.08. The summed E-state index contributed by atoms with van der Waals surface area (Å²) < 4.78 is 13.6. The summed E-state index contributed by atoms with van der Waals surface area (Å²) in [5.41, 5.74) is 9.42. The molecule has 3 aromatic rings. The van der Waals surface area contributed by atoms with Crippen molar-refractivity contribution in [3.05, 3.63) is 24.0 Å². The standard InChI is InChI=1S/C25H37N5O3/c1-6-32-15-21-29-22-23(30(21)12-8-7-9-13-33-17(4)5)19-11-10-18(27-25(31)16(2)3)14-20(19)28-24(22)26/h10-11,14,16-17H,6-9,12-13,15H2,1-5H3,(H2,26,28)(H,27,31). The lowest BCUT2D eigenvalue weighted by Gasteiger charge is -2.13. The molecule has 0 fully saturated rings. The fraction of sp³-hybridized carbons (Fsp3) is 0.560. The van der Waals surface area contributed by atoms with Gasteiger partial charge in [-0.15, -0.1) is 0 Å². The Morgan fingerprint density at radius 1 is 1.15 bits per heavy atom. The molecule has 180 valence electrons. The number of carbonyl (C=O) groups excluding carboxylic acids is 1. The van der Waals surface area contributed by atoms with Crippen molar-refractivity contribution in [3.8, 4) is 0 Å². The third kappa shape index (κ3) is 6.21. The van der Waals surface area contributed by atoms with Gasteiger partial charge in [0.05, 0.1) is 17.1 Å². The maximum absolute atomic E-state index is 12.1. The number of ether oxygens (including phenoxy) is 2. The number of unbranched alkanes of at least 4 members (excludes halogenated alkanes) is 2. The van der Waals surface area contributed by atoms with Crippen molar-refractivity contribution in [1.29, 1.82) is 0 Å². The summed E-state index contributed by atoms with van der Waals surface area (Å²) >= 11 is 0. The van der Waals surface area contributed by atoms with E-state index in [-0.39, 0.29) is 17.9 Å². The number of carbonyl (C=O) groups is 1. The highest BCUT2D eigenvalue weighted by Gasteiger charge is 2.18. The molecular weight excluding hydrogens is 418 g/mol. The highest BCUT2D eigenvalue weighted by Crippen LogP contribution is 2.31. The van der Waals surface area contributed by atoms with Crippen molar-refractivity contribution in [2.24, 2.45) is 5.92 Å². The highest BCUT2D eigenvalue weighted by atomic mass is 16.5. The van der Waals surface area contributed by atoms with Crippen LogP contribution < -0.4 is 11.1 Å². The van der Waals surface area contributed by atoms with Crippen LogP contribution in [0.2, 0.25) is 0 Å². The number of aryl methyl sites for hydroxylation is 1. The quantitative estimate of drug-likeness (QED) is 0.377. The number of imidazole rings is 1. The van der Waals surface area contributed by atoms with Crippen molar-refractivity contribution in [3.63, 3.8) is 0 Å². The second-order valence-corrected chi connectivity index (χ2v) is 8.87. The molecule has 1 aromatic carbocycles. The van der Waals surface area contributed by atoms with E-state index in [1.54, 1.807) is 0 Å². The number of hydrogen-bond donors (Lipinski definition) is 2. The van der Waals surface area contributed by atoms with Gasteiger partial charge in [-0.3, -0.25) is 4.79 Å². The fourth-order valence-electron chi connectivity index (χ4n) is 3.73. The van der Waals surface area contributed by atoms with E-state index in [9.17, 15) is 4.79 Å². The molecule has 0 unspecified atom stereocenters. The van der Waals surface area contributed by atoms with Gasteiger partial charge in [-0.25, -0.2) is 9.97 Å². The molecule has 0 aliphatic rings. The van der Waals surface area contributed by atoms with Crippen LogP contribution in [0.1, 0.15) is 59.7 Å². The Morgan fingerprint density at radius 3 is 2.64 bits per heavy atom. The predicted molar refractivity (Wildman–Crippen MR) is 133 cm³/mol. The fourth-order valence-corrected chi connectivity index (χ4v) is 3.73. The van der Waals surface area contributed by atoms with Crippen LogP contribution in [0, 0.1) is 5.92 Å². The number of hydrogen-bond acceptors (Lipinski definition) is 6. The average molecular weight is 456 g/mol. The summed E-state index contributed by atoms with van der Waals surface area (Å²) in [4.78, 5) is 21.5. The second-order valence-electron chi connectivity index (χ2n) is 8.87. The van der Waals surface area contributed by atoms with Gasteiger partial charge in [0.1, 0.15) is 17.9 Å². The molecule has 2 aromatic heterocycles. The smallest absolute Gasteiger partial charge is 0.226 e. The Bertz CT molecular complexity index is 1090. The van der Waals surface area contributed by atoms with Gasteiger partial charge in [0.15, 0.2) is 5.82 Å². The van der Waals surface area contributed by atoms with E-state index in [0.717, 1.165) is 54.7 Å². The third-order valence-corrected chi connectivity index (χ3v) is 5.49. The number of nitrogens with two attached hydrogens (primary N) is 1. The first kappa shape index (κ1) is 24.9. The van der Waals surface area contributed by atoms with Crippen LogP contribution in [-0.4, -0.2) is 39.8 Å². The lowest BCUT2D eigenvalue weighted by atomic mass is 10.1. The van der Waals surface area contributed by atoms with Gasteiger partial charge in [-0.2, -0.15) is 0 Å². The maximum atomic E-state index is 12.1. The molecule has 0 atom stereocenters. The van der Waals surface area contributed by atoms with Crippen LogP contribution in [0.25, 0.3) is 21.9 Å². The van der Waals surface area contributed by atoms with E-state index < -0.39 is 0 Å². The van der Waals surface area contributed by atoms with Crippen LogP contribution in [0.3, 0.4) is 0 Å². The lowest BCUT2D eigenvalue weighted by Crippen LogP contribution is -2.17. The van der Waals surface area contributed by atoms with Gasteiger partial charge in [-0.1, -0.05) is 13.8 Å². The molecule has 3 rings (SSSR count). The summed E-state index contributed by atoms with van der Waals surface area (Å²) in [7, 11) is 0. The van der Waals surface area contributed by atoms with E-state index in [1.165, 1.54) is 0 Å². The van der Waals surface area contributed by atoms with Crippen LogP contribution in [-0.2, 0) is 27.4 Å². The number of rotatable bonds is 12. The van der Waals surface area contributed by atoms with Crippen LogP contribution >= 0.6 is 0 Å². The van der Waals surface area contributed by atoms with Crippen LogP contribution in [0.5, 0.6) is 0 Å². The largest absolute Gasteiger partial charge is 0.382 e. The summed E-state index contributed by atoms with van der Waals surface area (Å²) in [5, 5.41) is 3.89. The lowest BCUT2D eigenvalue weighted by molar-refractivity contribution is -0.118. The second kappa shape index (κ2) is 11.4. The summed E-state index contributed by atoms with van der Waals surface area (Å²) in [6.45, 7) is 12.4. The van der Waals surface area contributed by atoms with Gasteiger partial charge < -0.3 is 25.1 Å². The molecule has 33 heavy (non-hydrogen) atoms. The minimum Gasteiger partial charge on any atom is -0.382 e. The Labute approximate surface area is 195 Å². The molecule has 3 N–H and O–H groups in total. The zero-order valence-electron chi connectivity index (χ0n) is 20.5. The summed E-state index contributed by atoms with van der Waals surface area (Å²) in [5.74, 6) is 1.10. The minimum absolute atomic E-state index is 0.0334. The van der Waals surface area contributed by atoms with E-state index in [0.29, 0.717) is 30.2 Å². The molecule has 8 heteroatoms. The number of amides is 1. The molecule has 8 nitrogen and oxygen atoms in total. The number of nitrogens with one attached hydrogen (secondary N) is 1. The zero-order chi connectivity index (χ0) is 24.0. The van der Waals surface area contributed by atoms with Crippen molar-refractivity contribution in [2.75, 3.05) is 24.3 Å². The Balaban J connectivity index is 1.94. The summed E-state index contributed by atoms with van der Waals surface area (Å²) in [6.07, 6.45) is 3.34. The molecule has 1 amide bonds. The molecular formula is C25H37N5O3. The molecule has 0 aliphatic heterocycles. The van der Waals surface area contributed by atoms with E-state index >= 15 is 0 Å². The van der Waals surface area contributed by atoms with Crippen LogP contribution in [0.15, 0.2) is 18.2 Å². The first-order valence-corrected chi connectivity index (χ1v) is 11.9. The molecule has 0 saturated heterocycles. The third-order valence-electron chi connectivity index (χ3n) is 5.49. The first-order valence-electron chi connectivity index (χ1n) is 11.9. The number of aromatic nitrogens is 3. The molecule has 0 saturated carbocycles. The van der Waals surface area contributed by atoms with Gasteiger partial charge in [0, 0.05) is 36.8 Å². The number of benzene rings is 1. The SMILES string of the molecule is CCOCc1nc2c(N)nc3cc(NC(=O)C(C)C)ccc3c2n1CCCCCOC(C)C. The molecule has 0 bridgehead atoms. The maximum Gasteiger partial charge on any atom is 0.226 e. The van der Waals surface area contributed by atoms with Gasteiger partial charge in [0.2, 0.25) is 5.91 Å². The molecule has 0 radical (unpaired) electrons. The zero-order valence-corrected chi connectivity index (χ0v) is 20.5. The molecule has 2 heterocycles. The number of nitrogen functional groups attached to an aromatic ring is 1.